The number of nitrogens with zero attached hydrogens (tertiary/aromatic N) is 3. The topological polar surface area (TPSA) is 111 Å². The minimum Gasteiger partial charge on any atom is -0.354 e. The van der Waals surface area contributed by atoms with Gasteiger partial charge in [-0.25, -0.2) is 0 Å². The fourth-order valence-electron chi connectivity index (χ4n) is 3.37. The third-order valence-corrected chi connectivity index (χ3v) is 4.85. The van der Waals surface area contributed by atoms with Crippen LogP contribution in [0.25, 0.3) is 16.5 Å². The molecule has 1 aliphatic carbocycles. The number of amides is 1. The van der Waals surface area contributed by atoms with Crippen LogP contribution in [0.15, 0.2) is 42.1 Å². The highest BCUT2D eigenvalue weighted by atomic mass is 16.1. The number of anilines is 2. The molecule has 8 nitrogen and oxygen atoms in total. The van der Waals surface area contributed by atoms with E-state index in [0.717, 1.165) is 47.3 Å². The molecule has 8 heteroatoms. The Morgan fingerprint density at radius 1 is 1.21 bits per heavy atom. The summed E-state index contributed by atoms with van der Waals surface area (Å²) >= 11 is 0. The molecule has 0 bridgehead atoms. The normalized spacial score (nSPS) is 14.0. The van der Waals surface area contributed by atoms with Crippen molar-refractivity contribution >= 4 is 34.0 Å². The Morgan fingerprint density at radius 3 is 2.90 bits per heavy atom. The molecule has 0 aliphatic heterocycles. The van der Waals surface area contributed by atoms with Crippen molar-refractivity contribution in [2.45, 2.75) is 45.6 Å². The van der Waals surface area contributed by atoms with Gasteiger partial charge in [0.05, 0.1) is 11.7 Å². The Morgan fingerprint density at radius 2 is 2.10 bits per heavy atom. The molecule has 1 amide bonds. The second-order valence-electron chi connectivity index (χ2n) is 7.56. The molecule has 2 heterocycles. The second kappa shape index (κ2) is 8.30. The quantitative estimate of drug-likeness (QED) is 0.489. The van der Waals surface area contributed by atoms with E-state index in [1.807, 2.05) is 32.0 Å². The number of aromatic amines is 2. The first-order valence-electron chi connectivity index (χ1n) is 9.88. The van der Waals surface area contributed by atoms with E-state index < -0.39 is 0 Å². The smallest absolute Gasteiger partial charge is 0.226 e. The number of H-pyrrole nitrogens is 2. The lowest BCUT2D eigenvalue weighted by atomic mass is 9.95. The van der Waals surface area contributed by atoms with Crippen molar-refractivity contribution in [3.05, 3.63) is 47.9 Å². The number of allylic oxidation sites excluding steroid dienone is 4. The minimum atomic E-state index is 0.107. The van der Waals surface area contributed by atoms with E-state index in [2.05, 4.69) is 48.2 Å². The number of carbonyl (C=O) groups excluding carboxylic acids is 1. The van der Waals surface area contributed by atoms with Gasteiger partial charge in [-0.05, 0) is 56.9 Å². The van der Waals surface area contributed by atoms with Crippen molar-refractivity contribution in [1.82, 2.24) is 30.7 Å². The number of benzene rings is 1. The molecule has 0 radical (unpaired) electrons. The van der Waals surface area contributed by atoms with Gasteiger partial charge in [0, 0.05) is 23.5 Å². The standard InChI is InChI=1S/C21H25N7O/c1-13(2)23-19(29)10-5-14-3-6-15(7-4-14)20-25-21(28-27-20)24-17-8-9-18-16(11-17)12-22-26-18/h3,6,8-9,11-13H,4-5,7,10H2,1-2H3,(H,22,26)(H,23,29)(H2,24,25,27,28). The van der Waals surface area contributed by atoms with Crippen LogP contribution in [0.4, 0.5) is 11.6 Å². The molecule has 0 spiro atoms. The second-order valence-corrected chi connectivity index (χ2v) is 7.56. The van der Waals surface area contributed by atoms with Gasteiger partial charge in [-0.2, -0.15) is 5.10 Å². The number of aromatic nitrogens is 5. The third-order valence-electron chi connectivity index (χ3n) is 4.85. The number of carbonyl (C=O) groups is 1. The lowest BCUT2D eigenvalue weighted by molar-refractivity contribution is -0.121. The molecule has 0 unspecified atom stereocenters. The summed E-state index contributed by atoms with van der Waals surface area (Å²) in [4.78, 5) is 15.0. The number of fused-ring (bicyclic) bond motifs is 1. The van der Waals surface area contributed by atoms with Crippen molar-refractivity contribution in [2.75, 3.05) is 5.32 Å². The molecule has 4 rings (SSSR count). The summed E-state index contributed by atoms with van der Waals surface area (Å²) < 4.78 is 0. The molecule has 1 aliphatic rings. The fraction of sp³-hybridized carbons (Fsp3) is 0.333. The SMILES string of the molecule is CC(C)NC(=O)CCC1=CC=C(c2nnc(Nc3ccc4[nH]ncc4c3)[nH]2)CC1. The Bertz CT molecular complexity index is 1070. The largest absolute Gasteiger partial charge is 0.354 e. The Balaban J connectivity index is 1.37. The van der Waals surface area contributed by atoms with E-state index in [4.69, 9.17) is 0 Å². The summed E-state index contributed by atoms with van der Waals surface area (Å²) in [5, 5.41) is 22.7. The Kier molecular flexibility index (Phi) is 5.41. The zero-order valence-corrected chi connectivity index (χ0v) is 16.6. The molecule has 4 N–H and O–H groups in total. The van der Waals surface area contributed by atoms with Crippen molar-refractivity contribution < 1.29 is 4.79 Å². The van der Waals surface area contributed by atoms with Crippen LogP contribution in [0.3, 0.4) is 0 Å². The van der Waals surface area contributed by atoms with Crippen molar-refractivity contribution in [3.8, 4) is 0 Å². The average molecular weight is 391 g/mol. The van der Waals surface area contributed by atoms with Crippen LogP contribution in [0.5, 0.6) is 0 Å². The van der Waals surface area contributed by atoms with Gasteiger partial charge in [0.25, 0.3) is 0 Å². The molecule has 150 valence electrons. The first kappa shape index (κ1) is 18.9. The molecule has 0 saturated heterocycles. The fourth-order valence-corrected chi connectivity index (χ4v) is 3.37. The van der Waals surface area contributed by atoms with Crippen LogP contribution in [-0.4, -0.2) is 37.3 Å². The van der Waals surface area contributed by atoms with Crippen LogP contribution in [-0.2, 0) is 4.79 Å². The minimum absolute atomic E-state index is 0.107. The molecule has 1 aromatic carbocycles. The van der Waals surface area contributed by atoms with E-state index in [1.54, 1.807) is 6.20 Å². The first-order valence-corrected chi connectivity index (χ1v) is 9.88. The Labute approximate surface area is 168 Å². The highest BCUT2D eigenvalue weighted by Crippen LogP contribution is 2.27. The third kappa shape index (κ3) is 4.71. The Hall–Kier alpha value is -3.42. The molecule has 0 saturated carbocycles. The molecule has 0 fully saturated rings. The maximum Gasteiger partial charge on any atom is 0.226 e. The molecule has 2 aromatic heterocycles. The summed E-state index contributed by atoms with van der Waals surface area (Å²) in [6.07, 6.45) is 9.10. The van der Waals surface area contributed by atoms with Gasteiger partial charge in [-0.1, -0.05) is 17.7 Å². The predicted octanol–water partition coefficient (Wildman–Crippen LogP) is 3.83. The van der Waals surface area contributed by atoms with Crippen LogP contribution in [0.2, 0.25) is 0 Å². The van der Waals surface area contributed by atoms with Crippen LogP contribution in [0, 0.1) is 0 Å². The van der Waals surface area contributed by atoms with E-state index in [1.165, 1.54) is 5.57 Å². The maximum absolute atomic E-state index is 11.8. The summed E-state index contributed by atoms with van der Waals surface area (Å²) in [6.45, 7) is 3.95. The van der Waals surface area contributed by atoms with Gasteiger partial charge < -0.3 is 15.6 Å². The van der Waals surface area contributed by atoms with E-state index in [0.29, 0.717) is 12.4 Å². The molecule has 0 atom stereocenters. The summed E-state index contributed by atoms with van der Waals surface area (Å²) in [6, 6.07) is 6.13. The number of nitrogens with one attached hydrogen (secondary N) is 4. The molecular weight excluding hydrogens is 366 g/mol. The van der Waals surface area contributed by atoms with E-state index in [-0.39, 0.29) is 11.9 Å². The zero-order chi connectivity index (χ0) is 20.2. The van der Waals surface area contributed by atoms with Crippen molar-refractivity contribution in [1.29, 1.82) is 0 Å². The monoisotopic (exact) mass is 391 g/mol. The first-order chi connectivity index (χ1) is 14.1. The van der Waals surface area contributed by atoms with Gasteiger partial charge in [0.1, 0.15) is 0 Å². The summed E-state index contributed by atoms with van der Waals surface area (Å²) in [7, 11) is 0. The van der Waals surface area contributed by atoms with Gasteiger partial charge in [0.2, 0.25) is 11.9 Å². The van der Waals surface area contributed by atoms with E-state index in [9.17, 15) is 4.79 Å². The van der Waals surface area contributed by atoms with Gasteiger partial charge >= 0.3 is 0 Å². The average Bonchev–Trinajstić information content (AvgIpc) is 3.35. The number of hydrogen-bond donors (Lipinski definition) is 4. The number of hydrogen-bond acceptors (Lipinski definition) is 5. The highest BCUT2D eigenvalue weighted by molar-refractivity contribution is 5.82. The van der Waals surface area contributed by atoms with Gasteiger partial charge in [-0.15, -0.1) is 10.2 Å². The molecule has 3 aromatic rings. The zero-order valence-electron chi connectivity index (χ0n) is 16.6. The molecule has 29 heavy (non-hydrogen) atoms. The van der Waals surface area contributed by atoms with Crippen LogP contribution in [0.1, 0.15) is 45.4 Å². The summed E-state index contributed by atoms with van der Waals surface area (Å²) in [5.41, 5.74) is 4.32. The summed E-state index contributed by atoms with van der Waals surface area (Å²) in [5.74, 6) is 1.48. The van der Waals surface area contributed by atoms with E-state index >= 15 is 0 Å². The van der Waals surface area contributed by atoms with Crippen molar-refractivity contribution in [3.63, 3.8) is 0 Å². The lowest BCUT2D eigenvalue weighted by Gasteiger charge is -2.14. The van der Waals surface area contributed by atoms with Crippen LogP contribution < -0.4 is 10.6 Å². The van der Waals surface area contributed by atoms with Gasteiger partial charge in [0.15, 0.2) is 5.82 Å². The lowest BCUT2D eigenvalue weighted by Crippen LogP contribution is -2.29. The predicted molar refractivity (Wildman–Crippen MR) is 114 cm³/mol. The maximum atomic E-state index is 11.8. The van der Waals surface area contributed by atoms with Crippen LogP contribution >= 0.6 is 0 Å². The molecular formula is C21H25N7O. The highest BCUT2D eigenvalue weighted by Gasteiger charge is 2.14. The van der Waals surface area contributed by atoms with Crippen molar-refractivity contribution in [2.24, 2.45) is 0 Å². The number of rotatable bonds is 7. The van der Waals surface area contributed by atoms with Gasteiger partial charge in [-0.3, -0.25) is 9.89 Å².